The van der Waals surface area contributed by atoms with Gasteiger partial charge in [-0.2, -0.15) is 0 Å². The molecule has 0 radical (unpaired) electrons. The maximum atomic E-state index is 12.3. The Labute approximate surface area is 197 Å². The molecule has 34 heavy (non-hydrogen) atoms. The number of hydrogen-bond acceptors (Lipinski definition) is 5. The van der Waals surface area contributed by atoms with Crippen molar-refractivity contribution in [3.8, 4) is 11.5 Å². The number of fused-ring (bicyclic) bond motifs is 1. The molecule has 0 atom stereocenters. The largest absolute Gasteiger partial charge is 0.493 e. The number of nitrogens with zero attached hydrogens (tertiary/aromatic N) is 1. The monoisotopic (exact) mass is 452 g/mol. The van der Waals surface area contributed by atoms with Crippen molar-refractivity contribution in [3.63, 3.8) is 0 Å². The molecule has 0 amide bonds. The third-order valence-electron chi connectivity index (χ3n) is 5.17. The highest BCUT2D eigenvalue weighted by Gasteiger charge is 2.08. The predicted molar refractivity (Wildman–Crippen MR) is 133 cm³/mol. The van der Waals surface area contributed by atoms with Crippen LogP contribution in [0.2, 0.25) is 0 Å². The first-order valence-electron chi connectivity index (χ1n) is 10.8. The molecule has 170 valence electrons. The van der Waals surface area contributed by atoms with Crippen molar-refractivity contribution >= 4 is 34.6 Å². The van der Waals surface area contributed by atoms with E-state index < -0.39 is 0 Å². The van der Waals surface area contributed by atoms with E-state index >= 15 is 0 Å². The Morgan fingerprint density at radius 1 is 0.941 bits per heavy atom. The van der Waals surface area contributed by atoms with Crippen LogP contribution in [0.15, 0.2) is 85.2 Å². The molecular weight excluding hydrogens is 428 g/mol. The van der Waals surface area contributed by atoms with Crippen molar-refractivity contribution in [2.75, 3.05) is 7.11 Å². The lowest BCUT2D eigenvalue weighted by atomic mass is 10.1. The van der Waals surface area contributed by atoms with Gasteiger partial charge in [0.2, 0.25) is 0 Å². The number of para-hydroxylation sites is 1. The number of carbonyl (C=O) groups is 2. The van der Waals surface area contributed by atoms with Gasteiger partial charge in [-0.25, -0.2) is 0 Å². The number of benzene rings is 2. The summed E-state index contributed by atoms with van der Waals surface area (Å²) in [7, 11) is 1.57. The molecule has 0 fully saturated rings. The van der Waals surface area contributed by atoms with E-state index in [9.17, 15) is 9.59 Å². The minimum absolute atomic E-state index is 0.200. The number of pyridine rings is 1. The molecule has 4 rings (SSSR count). The SMILES string of the molecule is COc1ccc(/C=C/C(=O)CC(=O)/C=C/c2c[nH]c3ccccc23)cc1OCc1ccccn1. The Balaban J connectivity index is 1.36. The van der Waals surface area contributed by atoms with Gasteiger partial charge in [0.25, 0.3) is 0 Å². The second-order valence-electron chi connectivity index (χ2n) is 7.59. The third-order valence-corrected chi connectivity index (χ3v) is 5.17. The highest BCUT2D eigenvalue weighted by Crippen LogP contribution is 2.29. The fraction of sp³-hybridized carbons (Fsp3) is 0.107. The predicted octanol–water partition coefficient (Wildman–Crippen LogP) is 5.41. The van der Waals surface area contributed by atoms with Gasteiger partial charge >= 0.3 is 0 Å². The highest BCUT2D eigenvalue weighted by atomic mass is 16.5. The molecule has 0 spiro atoms. The summed E-state index contributed by atoms with van der Waals surface area (Å²) >= 11 is 0. The molecule has 0 bridgehead atoms. The molecule has 6 nitrogen and oxygen atoms in total. The van der Waals surface area contributed by atoms with E-state index in [0.29, 0.717) is 18.1 Å². The molecule has 2 aromatic heterocycles. The molecule has 2 aromatic carbocycles. The maximum Gasteiger partial charge on any atom is 0.163 e. The number of rotatable bonds is 10. The van der Waals surface area contributed by atoms with Crippen molar-refractivity contribution in [2.24, 2.45) is 0 Å². The van der Waals surface area contributed by atoms with Crippen LogP contribution < -0.4 is 9.47 Å². The van der Waals surface area contributed by atoms with Gasteiger partial charge in [0.15, 0.2) is 23.1 Å². The van der Waals surface area contributed by atoms with E-state index in [-0.39, 0.29) is 18.0 Å². The standard InChI is InChI=1S/C28H24N2O4/c1-33-27-14-10-20(16-28(27)34-19-22-6-4-5-15-29-22)9-12-23(31)17-24(32)13-11-21-18-30-26-8-3-2-7-25(21)26/h2-16,18,30H,17,19H2,1H3/b12-9+,13-11+. The average Bonchev–Trinajstić information content (AvgIpc) is 3.29. The van der Waals surface area contributed by atoms with Crippen LogP contribution in [-0.4, -0.2) is 28.6 Å². The molecule has 0 unspecified atom stereocenters. The van der Waals surface area contributed by atoms with E-state index in [1.165, 1.54) is 12.2 Å². The number of ether oxygens (including phenoxy) is 2. The smallest absolute Gasteiger partial charge is 0.163 e. The molecule has 0 saturated heterocycles. The molecule has 4 aromatic rings. The Hall–Kier alpha value is -4.45. The minimum atomic E-state index is -0.277. The van der Waals surface area contributed by atoms with E-state index in [1.54, 1.807) is 37.6 Å². The second kappa shape index (κ2) is 10.9. The number of allylic oxidation sites excluding steroid dienone is 2. The Morgan fingerprint density at radius 3 is 2.53 bits per heavy atom. The van der Waals surface area contributed by atoms with Gasteiger partial charge in [-0.3, -0.25) is 14.6 Å². The van der Waals surface area contributed by atoms with Gasteiger partial charge in [0.1, 0.15) is 6.61 Å². The fourth-order valence-corrected chi connectivity index (χ4v) is 3.44. The Bertz CT molecular complexity index is 1350. The summed E-state index contributed by atoms with van der Waals surface area (Å²) in [5.41, 5.74) is 3.45. The Morgan fingerprint density at radius 2 is 1.74 bits per heavy atom. The number of aromatic amines is 1. The van der Waals surface area contributed by atoms with Gasteiger partial charge in [0.05, 0.1) is 19.2 Å². The third kappa shape index (κ3) is 5.86. The first-order chi connectivity index (χ1) is 16.6. The molecule has 2 heterocycles. The molecule has 0 aliphatic heterocycles. The zero-order chi connectivity index (χ0) is 23.8. The Kier molecular flexibility index (Phi) is 7.30. The van der Waals surface area contributed by atoms with E-state index in [1.807, 2.05) is 54.7 Å². The van der Waals surface area contributed by atoms with Gasteiger partial charge < -0.3 is 14.5 Å². The quantitative estimate of drug-likeness (QED) is 0.257. The van der Waals surface area contributed by atoms with Crippen molar-refractivity contribution in [3.05, 3.63) is 102 Å². The molecular formula is C28H24N2O4. The molecule has 0 aliphatic carbocycles. The summed E-state index contributed by atoms with van der Waals surface area (Å²) in [5.74, 6) is 0.590. The van der Waals surface area contributed by atoms with Crippen LogP contribution in [-0.2, 0) is 16.2 Å². The zero-order valence-electron chi connectivity index (χ0n) is 18.7. The van der Waals surface area contributed by atoms with E-state index in [4.69, 9.17) is 9.47 Å². The van der Waals surface area contributed by atoms with Crippen LogP contribution in [0.4, 0.5) is 0 Å². The first kappa shape index (κ1) is 22.7. The lowest BCUT2D eigenvalue weighted by Gasteiger charge is -2.11. The van der Waals surface area contributed by atoms with E-state index in [0.717, 1.165) is 27.7 Å². The van der Waals surface area contributed by atoms with Gasteiger partial charge in [-0.1, -0.05) is 36.4 Å². The van der Waals surface area contributed by atoms with Crippen LogP contribution in [0, 0.1) is 0 Å². The topological polar surface area (TPSA) is 81.3 Å². The molecule has 0 saturated carbocycles. The lowest BCUT2D eigenvalue weighted by molar-refractivity contribution is -0.121. The summed E-state index contributed by atoms with van der Waals surface area (Å²) in [6, 6.07) is 18.8. The van der Waals surface area contributed by atoms with Crippen molar-refractivity contribution in [1.82, 2.24) is 9.97 Å². The summed E-state index contributed by atoms with van der Waals surface area (Å²) in [4.78, 5) is 32.0. The van der Waals surface area contributed by atoms with Gasteiger partial charge in [-0.05, 0) is 59.7 Å². The summed E-state index contributed by atoms with van der Waals surface area (Å²) in [6.45, 7) is 0.292. The first-order valence-corrected chi connectivity index (χ1v) is 10.8. The lowest BCUT2D eigenvalue weighted by Crippen LogP contribution is -2.02. The van der Waals surface area contributed by atoms with E-state index in [2.05, 4.69) is 9.97 Å². The van der Waals surface area contributed by atoms with Crippen molar-refractivity contribution < 1.29 is 19.1 Å². The number of ketones is 2. The molecule has 1 N–H and O–H groups in total. The van der Waals surface area contributed by atoms with Gasteiger partial charge in [0, 0.05) is 23.3 Å². The molecule has 0 aliphatic rings. The number of aromatic nitrogens is 2. The van der Waals surface area contributed by atoms with Crippen LogP contribution in [0.5, 0.6) is 11.5 Å². The van der Waals surface area contributed by atoms with Crippen LogP contribution >= 0.6 is 0 Å². The summed E-state index contributed by atoms with van der Waals surface area (Å²) in [6.07, 6.45) is 9.58. The van der Waals surface area contributed by atoms with Crippen molar-refractivity contribution in [2.45, 2.75) is 13.0 Å². The van der Waals surface area contributed by atoms with Gasteiger partial charge in [-0.15, -0.1) is 0 Å². The van der Waals surface area contributed by atoms with Crippen LogP contribution in [0.3, 0.4) is 0 Å². The summed E-state index contributed by atoms with van der Waals surface area (Å²) < 4.78 is 11.2. The number of carbonyl (C=O) groups excluding carboxylic acids is 2. The zero-order valence-corrected chi connectivity index (χ0v) is 18.7. The number of methoxy groups -OCH3 is 1. The fourth-order valence-electron chi connectivity index (χ4n) is 3.44. The number of H-pyrrole nitrogens is 1. The average molecular weight is 453 g/mol. The van der Waals surface area contributed by atoms with Crippen molar-refractivity contribution in [1.29, 1.82) is 0 Å². The normalized spacial score (nSPS) is 11.3. The second-order valence-corrected chi connectivity index (χ2v) is 7.59. The number of hydrogen-bond donors (Lipinski definition) is 1. The molecule has 6 heteroatoms. The maximum absolute atomic E-state index is 12.3. The number of nitrogens with one attached hydrogen (secondary N) is 1. The highest BCUT2D eigenvalue weighted by molar-refractivity contribution is 6.11. The van der Waals surface area contributed by atoms with Crippen LogP contribution in [0.1, 0.15) is 23.2 Å². The minimum Gasteiger partial charge on any atom is -0.493 e. The summed E-state index contributed by atoms with van der Waals surface area (Å²) in [5, 5.41) is 1.03. The van der Waals surface area contributed by atoms with Crippen LogP contribution in [0.25, 0.3) is 23.1 Å².